The van der Waals surface area contributed by atoms with Gasteiger partial charge in [0.2, 0.25) is 5.91 Å². The van der Waals surface area contributed by atoms with Crippen LogP contribution < -0.4 is 16.0 Å². The highest BCUT2D eigenvalue weighted by molar-refractivity contribution is 5.86. The fourth-order valence-electron chi connectivity index (χ4n) is 1.08. The van der Waals surface area contributed by atoms with Crippen LogP contribution in [0.4, 0.5) is 4.79 Å². The number of ether oxygens (including phenoxy) is 1. The van der Waals surface area contributed by atoms with E-state index in [1.807, 2.05) is 6.92 Å². The molecule has 110 valence electrons. The Bertz CT molecular complexity index is 296. The van der Waals surface area contributed by atoms with Crippen molar-refractivity contribution in [3.63, 3.8) is 0 Å². The maximum Gasteiger partial charge on any atom is 0.322 e. The van der Waals surface area contributed by atoms with E-state index in [-0.39, 0.29) is 6.54 Å². The summed E-state index contributed by atoms with van der Waals surface area (Å²) in [5.41, 5.74) is 0. The van der Waals surface area contributed by atoms with Crippen LogP contribution in [-0.4, -0.2) is 55.9 Å². The number of nitrogens with one attached hydrogen (secondary N) is 3. The van der Waals surface area contributed by atoms with E-state index in [0.717, 1.165) is 6.42 Å². The zero-order valence-corrected chi connectivity index (χ0v) is 11.0. The Hall–Kier alpha value is -1.83. The van der Waals surface area contributed by atoms with Crippen LogP contribution in [0.1, 0.15) is 19.8 Å². The van der Waals surface area contributed by atoms with Crippen molar-refractivity contribution in [1.29, 1.82) is 0 Å². The number of amides is 3. The molecule has 0 unspecified atom stereocenters. The summed E-state index contributed by atoms with van der Waals surface area (Å²) in [7, 11) is 0. The van der Waals surface area contributed by atoms with Gasteiger partial charge in [0.05, 0.1) is 6.54 Å². The molecule has 0 saturated carbocycles. The number of carboxylic acids is 1. The van der Waals surface area contributed by atoms with Gasteiger partial charge in [0.1, 0.15) is 6.54 Å². The van der Waals surface area contributed by atoms with E-state index in [4.69, 9.17) is 9.84 Å². The minimum absolute atomic E-state index is 0.258. The van der Waals surface area contributed by atoms with Gasteiger partial charge in [0, 0.05) is 19.8 Å². The third kappa shape index (κ3) is 12.4. The maximum atomic E-state index is 11.2. The van der Waals surface area contributed by atoms with Crippen LogP contribution >= 0.6 is 0 Å². The summed E-state index contributed by atoms with van der Waals surface area (Å²) in [6.07, 6.45) is 1.65. The Morgan fingerprint density at radius 1 is 1.05 bits per heavy atom. The van der Waals surface area contributed by atoms with Crippen LogP contribution in [0.2, 0.25) is 0 Å². The molecule has 0 saturated heterocycles. The molecule has 0 aliphatic rings. The number of carbonyl (C=O) groups excluding carboxylic acids is 2. The molecule has 0 aromatic heterocycles. The molecule has 0 heterocycles. The van der Waals surface area contributed by atoms with E-state index >= 15 is 0 Å². The second-order valence-electron chi connectivity index (χ2n) is 3.75. The number of urea groups is 1. The number of rotatable bonds is 10. The summed E-state index contributed by atoms with van der Waals surface area (Å²) in [4.78, 5) is 32.4. The Kier molecular flexibility index (Phi) is 10.2. The number of hydrogen-bond donors (Lipinski definition) is 4. The molecule has 0 aliphatic carbocycles. The van der Waals surface area contributed by atoms with Gasteiger partial charge in [-0.25, -0.2) is 4.79 Å². The molecule has 8 nitrogen and oxygen atoms in total. The zero-order valence-electron chi connectivity index (χ0n) is 11.0. The summed E-state index contributed by atoms with van der Waals surface area (Å²) in [6.45, 7) is 3.03. The largest absolute Gasteiger partial charge is 0.480 e. The number of carbonyl (C=O) groups is 3. The molecule has 19 heavy (non-hydrogen) atoms. The summed E-state index contributed by atoms with van der Waals surface area (Å²) in [5, 5.41) is 15.3. The lowest BCUT2D eigenvalue weighted by atomic mass is 10.4. The molecule has 0 rings (SSSR count). The minimum Gasteiger partial charge on any atom is -0.480 e. The summed E-state index contributed by atoms with van der Waals surface area (Å²) >= 11 is 0. The van der Waals surface area contributed by atoms with Crippen molar-refractivity contribution >= 4 is 17.9 Å². The number of hydrogen-bond acceptors (Lipinski definition) is 4. The molecule has 3 amide bonds. The lowest BCUT2D eigenvalue weighted by Gasteiger charge is -2.07. The molecule has 0 atom stereocenters. The smallest absolute Gasteiger partial charge is 0.322 e. The van der Waals surface area contributed by atoms with E-state index < -0.39 is 24.5 Å². The van der Waals surface area contributed by atoms with E-state index in [0.29, 0.717) is 26.2 Å². The molecule has 0 bridgehead atoms. The average molecular weight is 275 g/mol. The molecule has 0 aliphatic heterocycles. The van der Waals surface area contributed by atoms with Gasteiger partial charge in [-0.15, -0.1) is 0 Å². The van der Waals surface area contributed by atoms with Crippen molar-refractivity contribution in [3.05, 3.63) is 0 Å². The van der Waals surface area contributed by atoms with E-state index in [1.54, 1.807) is 0 Å². The second-order valence-corrected chi connectivity index (χ2v) is 3.75. The third-order valence-electron chi connectivity index (χ3n) is 1.95. The SMILES string of the molecule is CCCOCCCNC(=O)NCC(=O)NCC(=O)O. The van der Waals surface area contributed by atoms with Crippen LogP contribution in [0.25, 0.3) is 0 Å². The van der Waals surface area contributed by atoms with Gasteiger partial charge in [-0.1, -0.05) is 6.92 Å². The monoisotopic (exact) mass is 275 g/mol. The van der Waals surface area contributed by atoms with E-state index in [2.05, 4.69) is 16.0 Å². The highest BCUT2D eigenvalue weighted by Gasteiger charge is 2.05. The zero-order chi connectivity index (χ0) is 14.5. The molecule has 0 radical (unpaired) electrons. The second kappa shape index (κ2) is 11.3. The Labute approximate surface area is 111 Å². The molecule has 0 aromatic rings. The van der Waals surface area contributed by atoms with Gasteiger partial charge < -0.3 is 25.8 Å². The van der Waals surface area contributed by atoms with Crippen molar-refractivity contribution in [3.8, 4) is 0 Å². The fourth-order valence-corrected chi connectivity index (χ4v) is 1.08. The van der Waals surface area contributed by atoms with Crippen LogP contribution in [0.5, 0.6) is 0 Å². The van der Waals surface area contributed by atoms with Crippen LogP contribution in [-0.2, 0) is 14.3 Å². The predicted molar refractivity (Wildman–Crippen MR) is 67.8 cm³/mol. The Morgan fingerprint density at radius 3 is 2.42 bits per heavy atom. The van der Waals surface area contributed by atoms with E-state index in [9.17, 15) is 14.4 Å². The lowest BCUT2D eigenvalue weighted by Crippen LogP contribution is -2.43. The lowest BCUT2D eigenvalue weighted by molar-refractivity contribution is -0.137. The minimum atomic E-state index is -1.13. The van der Waals surface area contributed by atoms with Gasteiger partial charge in [-0.05, 0) is 12.8 Å². The normalized spacial score (nSPS) is 9.74. The Balaban J connectivity index is 3.43. The van der Waals surface area contributed by atoms with Gasteiger partial charge in [-0.3, -0.25) is 9.59 Å². The molecular formula is C11H21N3O5. The van der Waals surface area contributed by atoms with Crippen molar-refractivity contribution < 1.29 is 24.2 Å². The summed E-state index contributed by atoms with van der Waals surface area (Å²) < 4.78 is 5.23. The number of carboxylic acid groups (broad SMARTS) is 1. The van der Waals surface area contributed by atoms with Crippen LogP contribution in [0.15, 0.2) is 0 Å². The first-order valence-corrected chi connectivity index (χ1v) is 6.14. The molecule has 8 heteroatoms. The van der Waals surface area contributed by atoms with Gasteiger partial charge in [-0.2, -0.15) is 0 Å². The fraction of sp³-hybridized carbons (Fsp3) is 0.727. The third-order valence-corrected chi connectivity index (χ3v) is 1.95. The quantitative estimate of drug-likeness (QED) is 0.393. The van der Waals surface area contributed by atoms with Crippen molar-refractivity contribution in [2.75, 3.05) is 32.8 Å². The molecule has 4 N–H and O–H groups in total. The van der Waals surface area contributed by atoms with Crippen LogP contribution in [0.3, 0.4) is 0 Å². The molecule has 0 aromatic carbocycles. The average Bonchev–Trinajstić information content (AvgIpc) is 2.38. The highest BCUT2D eigenvalue weighted by atomic mass is 16.5. The number of aliphatic carboxylic acids is 1. The van der Waals surface area contributed by atoms with Gasteiger partial charge in [0.15, 0.2) is 0 Å². The topological polar surface area (TPSA) is 117 Å². The standard InChI is InChI=1S/C11H21N3O5/c1-2-5-19-6-3-4-12-11(18)14-7-9(15)13-8-10(16)17/h2-8H2,1H3,(H,13,15)(H,16,17)(H2,12,14,18). The summed E-state index contributed by atoms with van der Waals surface area (Å²) in [6, 6.07) is -0.471. The molecular weight excluding hydrogens is 254 g/mol. The van der Waals surface area contributed by atoms with E-state index in [1.165, 1.54) is 0 Å². The highest BCUT2D eigenvalue weighted by Crippen LogP contribution is 1.83. The predicted octanol–water partition coefficient (Wildman–Crippen LogP) is -0.697. The first kappa shape index (κ1) is 17.2. The van der Waals surface area contributed by atoms with Gasteiger partial charge in [0.25, 0.3) is 0 Å². The van der Waals surface area contributed by atoms with Crippen LogP contribution in [0, 0.1) is 0 Å². The Morgan fingerprint density at radius 2 is 1.79 bits per heavy atom. The van der Waals surface area contributed by atoms with Gasteiger partial charge >= 0.3 is 12.0 Å². The van der Waals surface area contributed by atoms with Crippen molar-refractivity contribution in [2.45, 2.75) is 19.8 Å². The van der Waals surface area contributed by atoms with Crippen molar-refractivity contribution in [2.24, 2.45) is 0 Å². The van der Waals surface area contributed by atoms with Crippen molar-refractivity contribution in [1.82, 2.24) is 16.0 Å². The molecule has 0 spiro atoms. The first-order valence-electron chi connectivity index (χ1n) is 6.14. The first-order chi connectivity index (χ1) is 9.06. The molecule has 0 fully saturated rings. The maximum absolute atomic E-state index is 11.2. The summed E-state index contributed by atoms with van der Waals surface area (Å²) in [5.74, 6) is -1.69.